The van der Waals surface area contributed by atoms with E-state index in [9.17, 15) is 32.6 Å². The normalized spacial score (nSPS) is 17.1. The lowest BCUT2D eigenvalue weighted by atomic mass is 10.1. The maximum atomic E-state index is 13.5. The van der Waals surface area contributed by atoms with E-state index in [4.69, 9.17) is 4.74 Å². The van der Waals surface area contributed by atoms with Gasteiger partial charge in [0, 0.05) is 18.0 Å². The van der Waals surface area contributed by atoms with Crippen molar-refractivity contribution in [1.29, 1.82) is 0 Å². The van der Waals surface area contributed by atoms with Crippen molar-refractivity contribution < 1.29 is 46.8 Å². The average molecular weight is 507 g/mol. The van der Waals surface area contributed by atoms with E-state index < -0.39 is 29.6 Å². The zero-order valence-electron chi connectivity index (χ0n) is 18.2. The van der Waals surface area contributed by atoms with Crippen LogP contribution in [0.3, 0.4) is 0 Å². The van der Waals surface area contributed by atoms with Crippen molar-refractivity contribution in [1.82, 2.24) is 4.98 Å². The fourth-order valence-corrected chi connectivity index (χ4v) is 3.77. The fraction of sp³-hybridized carbons (Fsp3) is 0.217. The zero-order chi connectivity index (χ0) is 25.7. The van der Waals surface area contributed by atoms with Gasteiger partial charge in [-0.1, -0.05) is 6.07 Å². The summed E-state index contributed by atoms with van der Waals surface area (Å²) in [5.41, 5.74) is 0.902. The molecule has 0 saturated carbocycles. The Morgan fingerprint density at radius 2 is 1.83 bits per heavy atom. The molecule has 0 fully saturated rings. The lowest BCUT2D eigenvalue weighted by Crippen LogP contribution is -2.52. The van der Waals surface area contributed by atoms with E-state index in [1.54, 1.807) is 17.0 Å². The van der Waals surface area contributed by atoms with Crippen LogP contribution < -0.4 is 24.4 Å². The van der Waals surface area contributed by atoms with Crippen LogP contribution in [0.2, 0.25) is 0 Å². The number of nitrogens with one attached hydrogen (secondary N) is 1. The number of anilines is 3. The van der Waals surface area contributed by atoms with Crippen molar-refractivity contribution >= 4 is 23.1 Å². The topological polar surface area (TPSA) is 113 Å². The van der Waals surface area contributed by atoms with E-state index in [1.165, 1.54) is 24.4 Å². The molecule has 3 N–H and O–H groups in total. The molecule has 0 atom stereocenters. The van der Waals surface area contributed by atoms with Gasteiger partial charge >= 0.3 is 12.2 Å². The van der Waals surface area contributed by atoms with Gasteiger partial charge < -0.3 is 34.6 Å². The quantitative estimate of drug-likeness (QED) is 0.454. The molecule has 3 heterocycles. The smallest absolute Gasteiger partial charge is 0.504 e. The van der Waals surface area contributed by atoms with Crippen LogP contribution in [0, 0.1) is 0 Å². The molecule has 2 aliphatic heterocycles. The SMILES string of the molecule is O=C(Nc1ccc2c(c1)OC(F)(F)C(F)(F)O2)c1cccc2c1OCCN2c1ncc(CO)cc1O. The average Bonchev–Trinajstić information content (AvgIpc) is 2.84. The van der Waals surface area contributed by atoms with E-state index in [0.29, 0.717) is 17.8 Å². The Balaban J connectivity index is 1.42. The van der Waals surface area contributed by atoms with Crippen molar-refractivity contribution in [3.05, 3.63) is 59.8 Å². The first-order valence-corrected chi connectivity index (χ1v) is 10.5. The van der Waals surface area contributed by atoms with Gasteiger partial charge in [-0.2, -0.15) is 17.6 Å². The number of fused-ring (bicyclic) bond motifs is 2. The lowest BCUT2D eigenvalue weighted by molar-refractivity contribution is -0.391. The van der Waals surface area contributed by atoms with E-state index in [0.717, 1.165) is 12.1 Å². The molecule has 9 nitrogen and oxygen atoms in total. The number of para-hydroxylation sites is 1. The molecule has 2 aromatic carbocycles. The number of aromatic nitrogens is 1. The Hall–Kier alpha value is -4.26. The van der Waals surface area contributed by atoms with Gasteiger partial charge in [-0.05, 0) is 35.9 Å². The van der Waals surface area contributed by atoms with Crippen LogP contribution in [0.25, 0.3) is 0 Å². The maximum Gasteiger partial charge on any atom is 0.507 e. The molecule has 0 spiro atoms. The van der Waals surface area contributed by atoms with Crippen molar-refractivity contribution in [2.75, 3.05) is 23.4 Å². The number of hydrogen-bond acceptors (Lipinski definition) is 8. The largest absolute Gasteiger partial charge is 0.507 e. The fourth-order valence-electron chi connectivity index (χ4n) is 3.77. The third-order valence-electron chi connectivity index (χ3n) is 5.45. The second kappa shape index (κ2) is 8.45. The summed E-state index contributed by atoms with van der Waals surface area (Å²) in [6.07, 6.45) is -8.34. The molecule has 1 amide bonds. The minimum absolute atomic E-state index is 0.0208. The number of pyridine rings is 1. The van der Waals surface area contributed by atoms with Crippen LogP contribution in [0.1, 0.15) is 15.9 Å². The third kappa shape index (κ3) is 3.96. The van der Waals surface area contributed by atoms with Crippen molar-refractivity contribution in [3.8, 4) is 23.0 Å². The third-order valence-corrected chi connectivity index (χ3v) is 5.45. The summed E-state index contributed by atoms with van der Waals surface area (Å²) in [5.74, 6) is -1.77. The number of hydrogen-bond donors (Lipinski definition) is 3. The molecule has 0 radical (unpaired) electrons. The summed E-state index contributed by atoms with van der Waals surface area (Å²) < 4.78 is 67.6. The molecule has 0 saturated heterocycles. The Labute approximate surface area is 200 Å². The summed E-state index contributed by atoms with van der Waals surface area (Å²) in [6, 6.07) is 9.15. The Bertz CT molecular complexity index is 1350. The highest BCUT2D eigenvalue weighted by Gasteiger charge is 2.65. The van der Waals surface area contributed by atoms with E-state index >= 15 is 0 Å². The van der Waals surface area contributed by atoms with Crippen LogP contribution >= 0.6 is 0 Å². The number of halogens is 4. The van der Waals surface area contributed by atoms with Gasteiger partial charge in [0.25, 0.3) is 5.91 Å². The number of carbonyl (C=O) groups excluding carboxylic acids is 1. The monoisotopic (exact) mass is 507 g/mol. The second-order valence-corrected chi connectivity index (χ2v) is 7.85. The van der Waals surface area contributed by atoms with Gasteiger partial charge in [0.05, 0.1) is 24.4 Å². The number of amides is 1. The number of nitrogens with zero attached hydrogens (tertiary/aromatic N) is 2. The molecule has 36 heavy (non-hydrogen) atoms. The molecule has 13 heteroatoms. The van der Waals surface area contributed by atoms with E-state index in [1.807, 2.05) is 0 Å². The molecule has 2 aliphatic rings. The molecular weight excluding hydrogens is 490 g/mol. The van der Waals surface area contributed by atoms with Gasteiger partial charge in [-0.3, -0.25) is 4.79 Å². The summed E-state index contributed by atoms with van der Waals surface area (Å²) in [7, 11) is 0. The molecule has 5 rings (SSSR count). The summed E-state index contributed by atoms with van der Waals surface area (Å²) in [5, 5.41) is 22.1. The predicted octanol–water partition coefficient (Wildman–Crippen LogP) is 4.02. The predicted molar refractivity (Wildman–Crippen MR) is 116 cm³/mol. The van der Waals surface area contributed by atoms with Crippen molar-refractivity contribution in [3.63, 3.8) is 0 Å². The van der Waals surface area contributed by atoms with Gasteiger partial charge in [-0.15, -0.1) is 0 Å². The highest BCUT2D eigenvalue weighted by atomic mass is 19.3. The number of aliphatic hydroxyl groups is 1. The van der Waals surface area contributed by atoms with Crippen LogP contribution in [0.15, 0.2) is 48.7 Å². The molecule has 1 aromatic heterocycles. The number of aliphatic hydroxyl groups excluding tert-OH is 1. The molecule has 3 aromatic rings. The highest BCUT2D eigenvalue weighted by Crippen LogP contribution is 2.48. The van der Waals surface area contributed by atoms with Crippen LogP contribution in [-0.2, 0) is 6.61 Å². The zero-order valence-corrected chi connectivity index (χ0v) is 18.2. The summed E-state index contributed by atoms with van der Waals surface area (Å²) in [6.45, 7) is 0.149. The number of ether oxygens (including phenoxy) is 3. The Morgan fingerprint density at radius 3 is 2.56 bits per heavy atom. The number of benzene rings is 2. The van der Waals surface area contributed by atoms with E-state index in [2.05, 4.69) is 19.8 Å². The number of aromatic hydroxyl groups is 1. The van der Waals surface area contributed by atoms with Crippen LogP contribution in [0.4, 0.5) is 34.8 Å². The standard InChI is InChI=1S/C23H17F4N3O6/c24-22(25)23(26,27)36-18-9-13(4-5-17(18)35-22)29-21(33)14-2-1-3-15-19(14)34-7-6-30(15)20-16(32)8-12(11-31)10-28-20/h1-5,8-10,31-32H,6-7,11H2,(H,29,33). The Morgan fingerprint density at radius 1 is 1.08 bits per heavy atom. The second-order valence-electron chi connectivity index (χ2n) is 7.85. The summed E-state index contributed by atoms with van der Waals surface area (Å²) in [4.78, 5) is 18.9. The first kappa shape index (κ1) is 23.5. The van der Waals surface area contributed by atoms with Crippen LogP contribution in [-0.4, -0.2) is 46.5 Å². The van der Waals surface area contributed by atoms with Crippen LogP contribution in [0.5, 0.6) is 23.0 Å². The van der Waals surface area contributed by atoms with Gasteiger partial charge in [0.15, 0.2) is 28.8 Å². The summed E-state index contributed by atoms with van der Waals surface area (Å²) >= 11 is 0. The molecule has 188 valence electrons. The molecular formula is C23H17F4N3O6. The number of alkyl halides is 4. The maximum absolute atomic E-state index is 13.5. The van der Waals surface area contributed by atoms with Gasteiger partial charge in [0.1, 0.15) is 6.61 Å². The van der Waals surface area contributed by atoms with Crippen molar-refractivity contribution in [2.45, 2.75) is 18.8 Å². The Kier molecular flexibility index (Phi) is 5.51. The van der Waals surface area contributed by atoms with Gasteiger partial charge in [0.2, 0.25) is 0 Å². The minimum atomic E-state index is -4.90. The minimum Gasteiger partial charge on any atom is -0.504 e. The molecule has 0 unspecified atom stereocenters. The first-order chi connectivity index (χ1) is 17.1. The van der Waals surface area contributed by atoms with Crippen molar-refractivity contribution in [2.24, 2.45) is 0 Å². The number of carbonyl (C=O) groups is 1. The van der Waals surface area contributed by atoms with Gasteiger partial charge in [-0.25, -0.2) is 4.98 Å². The van der Waals surface area contributed by atoms with E-state index in [-0.39, 0.29) is 41.8 Å². The molecule has 0 bridgehead atoms. The lowest BCUT2D eigenvalue weighted by Gasteiger charge is -2.32. The first-order valence-electron chi connectivity index (χ1n) is 10.5. The highest BCUT2D eigenvalue weighted by molar-refractivity contribution is 6.07. The number of rotatable bonds is 4. The molecule has 0 aliphatic carbocycles.